The number of fused-ring (bicyclic) bond motifs is 1. The van der Waals surface area contributed by atoms with Crippen LogP contribution in [0.1, 0.15) is 68.6 Å². The number of ether oxygens (including phenoxy) is 1. The van der Waals surface area contributed by atoms with Crippen molar-refractivity contribution in [3.05, 3.63) is 58.4 Å². The average molecular weight is 524 g/mol. The molecule has 2 aliphatic heterocycles. The second kappa shape index (κ2) is 11.3. The maximum absolute atomic E-state index is 15.5. The van der Waals surface area contributed by atoms with Crippen LogP contribution in [0.4, 0.5) is 10.2 Å². The highest BCUT2D eigenvalue weighted by molar-refractivity contribution is 5.97. The van der Waals surface area contributed by atoms with E-state index in [-0.39, 0.29) is 34.8 Å². The van der Waals surface area contributed by atoms with Gasteiger partial charge in [-0.05, 0) is 45.1 Å². The van der Waals surface area contributed by atoms with Gasteiger partial charge in [-0.25, -0.2) is 14.2 Å². The van der Waals surface area contributed by atoms with Crippen LogP contribution in [0.3, 0.4) is 0 Å². The number of nitrogens with zero attached hydrogens (tertiary/aromatic N) is 6. The fraction of sp³-hybridized carbons (Fsp3) is 0.519. The highest BCUT2D eigenvalue weighted by atomic mass is 19.1. The van der Waals surface area contributed by atoms with Crippen LogP contribution in [-0.4, -0.2) is 55.5 Å². The van der Waals surface area contributed by atoms with Gasteiger partial charge in [0.15, 0.2) is 0 Å². The lowest BCUT2D eigenvalue weighted by molar-refractivity contribution is 0.0923. The molecule has 1 atom stereocenters. The van der Waals surface area contributed by atoms with Crippen molar-refractivity contribution in [3.63, 3.8) is 0 Å². The predicted molar refractivity (Wildman–Crippen MR) is 140 cm³/mol. The molecule has 1 amide bonds. The van der Waals surface area contributed by atoms with Gasteiger partial charge in [-0.1, -0.05) is 13.3 Å². The number of hydrogen-bond donors (Lipinski definition) is 1. The van der Waals surface area contributed by atoms with Crippen molar-refractivity contribution < 1.29 is 13.9 Å². The number of carbonyl (C=O) groups excluding carboxylic acids is 1. The van der Waals surface area contributed by atoms with Crippen LogP contribution in [0.2, 0.25) is 0 Å². The first-order valence-electron chi connectivity index (χ1n) is 13.5. The molecule has 0 bridgehead atoms. The number of amides is 1. The molecule has 1 saturated heterocycles. The van der Waals surface area contributed by atoms with Gasteiger partial charge in [0.25, 0.3) is 5.91 Å². The van der Waals surface area contributed by atoms with Crippen LogP contribution in [-0.2, 0) is 13.0 Å². The first-order chi connectivity index (χ1) is 18.4. The summed E-state index contributed by atoms with van der Waals surface area (Å²) < 4.78 is 24.3. The van der Waals surface area contributed by atoms with Gasteiger partial charge in [0, 0.05) is 50.6 Å². The number of halogens is 1. The summed E-state index contributed by atoms with van der Waals surface area (Å²) in [5, 5.41) is 7.45. The Labute approximate surface area is 220 Å². The summed E-state index contributed by atoms with van der Waals surface area (Å²) in [4.78, 5) is 36.9. The van der Waals surface area contributed by atoms with E-state index in [2.05, 4.69) is 25.3 Å². The third kappa shape index (κ3) is 5.41. The van der Waals surface area contributed by atoms with Gasteiger partial charge in [-0.2, -0.15) is 4.68 Å². The lowest BCUT2D eigenvalue weighted by Gasteiger charge is -2.33. The monoisotopic (exact) mass is 523 g/mol. The molecule has 202 valence electrons. The molecule has 5 rings (SSSR count). The number of nitrogens with one attached hydrogen (secondary N) is 1. The average Bonchev–Trinajstić information content (AvgIpc) is 3.26. The Morgan fingerprint density at radius 2 is 2.03 bits per heavy atom. The minimum absolute atomic E-state index is 0.00979. The van der Waals surface area contributed by atoms with Crippen molar-refractivity contribution in [2.24, 2.45) is 0 Å². The Kier molecular flexibility index (Phi) is 7.71. The largest absolute Gasteiger partial charge is 0.490 e. The van der Waals surface area contributed by atoms with E-state index in [1.54, 1.807) is 23.2 Å². The Bertz CT molecular complexity index is 1330. The molecule has 0 radical (unpaired) electrons. The number of carbonyl (C=O) groups is 1. The minimum atomic E-state index is -0.694. The molecule has 3 aromatic rings. The number of aromatic nitrogens is 5. The number of piperidine rings is 1. The third-order valence-electron chi connectivity index (χ3n) is 7.22. The quantitative estimate of drug-likeness (QED) is 0.483. The van der Waals surface area contributed by atoms with Crippen molar-refractivity contribution in [1.29, 1.82) is 0 Å². The third-order valence-corrected chi connectivity index (χ3v) is 7.22. The lowest BCUT2D eigenvalue weighted by atomic mass is 10.0. The molecule has 2 aliphatic rings. The number of aryl methyl sites for hydroxylation is 1. The summed E-state index contributed by atoms with van der Waals surface area (Å²) in [6.07, 6.45) is 10.5. The summed E-state index contributed by atoms with van der Waals surface area (Å²) in [7, 11) is 0. The number of benzene rings is 1. The molecule has 38 heavy (non-hydrogen) atoms. The van der Waals surface area contributed by atoms with Crippen molar-refractivity contribution >= 4 is 11.7 Å². The molecule has 0 saturated carbocycles. The Hall–Kier alpha value is -3.76. The van der Waals surface area contributed by atoms with Crippen LogP contribution >= 0.6 is 0 Å². The van der Waals surface area contributed by atoms with Crippen LogP contribution in [0.5, 0.6) is 5.75 Å². The topological polar surface area (TPSA) is 107 Å². The fourth-order valence-corrected chi connectivity index (χ4v) is 5.19. The maximum Gasteiger partial charge on any atom is 0.350 e. The zero-order chi connectivity index (χ0) is 26.6. The van der Waals surface area contributed by atoms with Crippen molar-refractivity contribution in [2.45, 2.75) is 77.5 Å². The summed E-state index contributed by atoms with van der Waals surface area (Å²) in [6.45, 7) is 5.98. The van der Waals surface area contributed by atoms with Gasteiger partial charge in [-0.15, -0.1) is 5.10 Å². The molecule has 1 N–H and O–H groups in total. The molecular weight excluding hydrogens is 489 g/mol. The first-order valence-corrected chi connectivity index (χ1v) is 13.5. The van der Waals surface area contributed by atoms with Gasteiger partial charge < -0.3 is 15.0 Å². The first kappa shape index (κ1) is 25.9. The predicted octanol–water partition coefficient (Wildman–Crippen LogP) is 3.27. The molecule has 1 fully saturated rings. The van der Waals surface area contributed by atoms with E-state index >= 15 is 4.39 Å². The van der Waals surface area contributed by atoms with Gasteiger partial charge in [-0.3, -0.25) is 14.3 Å². The van der Waals surface area contributed by atoms with E-state index in [4.69, 9.17) is 4.74 Å². The molecule has 11 heteroatoms. The van der Waals surface area contributed by atoms with E-state index in [1.807, 2.05) is 13.8 Å². The summed E-state index contributed by atoms with van der Waals surface area (Å²) in [5.41, 5.74) is -0.273. The zero-order valence-electron chi connectivity index (χ0n) is 21.9. The van der Waals surface area contributed by atoms with Gasteiger partial charge >= 0.3 is 5.69 Å². The number of rotatable bonds is 8. The van der Waals surface area contributed by atoms with E-state index in [1.165, 1.54) is 6.07 Å². The second-order valence-corrected chi connectivity index (χ2v) is 10.0. The molecule has 1 aromatic carbocycles. The number of hydrogen-bond acceptors (Lipinski definition) is 7. The normalized spacial score (nSPS) is 16.7. The molecule has 0 unspecified atom stereocenters. The van der Waals surface area contributed by atoms with Crippen molar-refractivity contribution in [1.82, 2.24) is 29.6 Å². The van der Waals surface area contributed by atoms with Crippen molar-refractivity contribution in [2.75, 3.05) is 18.0 Å². The Morgan fingerprint density at radius 3 is 2.74 bits per heavy atom. The molecule has 2 aromatic heterocycles. The summed E-state index contributed by atoms with van der Waals surface area (Å²) in [5.74, 6) is 0.614. The minimum Gasteiger partial charge on any atom is -0.490 e. The zero-order valence-corrected chi connectivity index (χ0v) is 21.9. The van der Waals surface area contributed by atoms with E-state index in [0.717, 1.165) is 68.2 Å². The highest BCUT2D eigenvalue weighted by Crippen LogP contribution is 2.28. The van der Waals surface area contributed by atoms with E-state index < -0.39 is 11.7 Å². The molecule has 4 heterocycles. The summed E-state index contributed by atoms with van der Waals surface area (Å²) >= 11 is 0. The van der Waals surface area contributed by atoms with E-state index in [0.29, 0.717) is 18.8 Å². The van der Waals surface area contributed by atoms with Gasteiger partial charge in [0.1, 0.15) is 28.9 Å². The highest BCUT2D eigenvalue weighted by Gasteiger charge is 2.27. The summed E-state index contributed by atoms with van der Waals surface area (Å²) in [6, 6.07) is 2.53. The van der Waals surface area contributed by atoms with Crippen LogP contribution in [0, 0.1) is 5.82 Å². The van der Waals surface area contributed by atoms with Crippen LogP contribution < -0.4 is 20.6 Å². The Balaban J connectivity index is 1.38. The van der Waals surface area contributed by atoms with Gasteiger partial charge in [0.05, 0.1) is 17.9 Å². The lowest BCUT2D eigenvalue weighted by Crippen LogP contribution is -2.45. The maximum atomic E-state index is 15.5. The number of anilines is 1. The Morgan fingerprint density at radius 1 is 1.21 bits per heavy atom. The molecular formula is C27H34FN7O3. The van der Waals surface area contributed by atoms with Crippen LogP contribution in [0.15, 0.2) is 35.5 Å². The van der Waals surface area contributed by atoms with E-state index in [9.17, 15) is 9.59 Å². The smallest absolute Gasteiger partial charge is 0.350 e. The molecule has 0 aliphatic carbocycles. The molecule has 10 nitrogen and oxygen atoms in total. The van der Waals surface area contributed by atoms with Crippen molar-refractivity contribution in [3.8, 4) is 11.4 Å². The SMILES string of the molecule is CCC[C@H](C)Oc1cc(-n2nc3n(c2=O)CCCC3)c(F)cc1C(=O)NC1CCN(c2cnccn2)CC1. The molecule has 0 spiro atoms. The second-order valence-electron chi connectivity index (χ2n) is 10.0. The standard InChI is InChI=1S/C27H34FN7O3/c1-3-6-18(2)38-23-16-22(35-27(37)34-12-5-4-7-24(34)32-35)21(28)15-20(23)26(36)31-19-8-13-33(14-9-19)25-17-29-10-11-30-25/h10-11,15-19H,3-9,12-14H2,1-2H3,(H,31,36)/t18-/m0/s1. The van der Waals surface area contributed by atoms with Gasteiger partial charge in [0.2, 0.25) is 0 Å². The fourth-order valence-electron chi connectivity index (χ4n) is 5.19. The van der Waals surface area contributed by atoms with Crippen LogP contribution in [0.25, 0.3) is 5.69 Å².